The largest absolute Gasteiger partial charge is 0.416 e. The quantitative estimate of drug-likeness (QED) is 0.862. The van der Waals surface area contributed by atoms with E-state index in [9.17, 15) is 26.3 Å². The zero-order valence-corrected chi connectivity index (χ0v) is 10.3. The van der Waals surface area contributed by atoms with Crippen molar-refractivity contribution in [3.05, 3.63) is 47.3 Å². The highest BCUT2D eigenvalue weighted by molar-refractivity contribution is 5.35. The molecule has 1 aromatic carbocycles. The smallest absolute Gasteiger partial charge is 0.396 e. The van der Waals surface area contributed by atoms with Crippen LogP contribution in [0.25, 0.3) is 0 Å². The summed E-state index contributed by atoms with van der Waals surface area (Å²) in [5, 5.41) is 3.72. The number of nitrogens with zero attached hydrogens (tertiary/aromatic N) is 2. The Labute approximate surface area is 115 Å². The maximum atomic E-state index is 12.7. The highest BCUT2D eigenvalue weighted by Gasteiger charge is 2.36. The molecule has 21 heavy (non-hydrogen) atoms. The predicted molar refractivity (Wildman–Crippen MR) is 62.2 cm³/mol. The van der Waals surface area contributed by atoms with Gasteiger partial charge in [0.15, 0.2) is 0 Å². The van der Waals surface area contributed by atoms with Crippen LogP contribution >= 0.6 is 0 Å². The Morgan fingerprint density at radius 1 is 0.952 bits per heavy atom. The molecule has 0 saturated carbocycles. The number of halogens is 6. The molecule has 0 saturated heterocycles. The second-order valence-corrected chi connectivity index (χ2v) is 4.39. The van der Waals surface area contributed by atoms with Crippen LogP contribution in [0.3, 0.4) is 0 Å². The van der Waals surface area contributed by atoms with Gasteiger partial charge < -0.3 is 5.73 Å². The minimum atomic E-state index is -4.86. The van der Waals surface area contributed by atoms with Crippen LogP contribution in [0.5, 0.6) is 0 Å². The molecule has 0 atom stereocenters. The van der Waals surface area contributed by atoms with Crippen LogP contribution in [0.1, 0.15) is 16.7 Å². The van der Waals surface area contributed by atoms with Gasteiger partial charge in [-0.1, -0.05) is 0 Å². The first-order valence-electron chi connectivity index (χ1n) is 5.62. The third-order valence-electron chi connectivity index (χ3n) is 2.65. The molecular formula is C12H9F6N3. The molecule has 0 aliphatic heterocycles. The maximum Gasteiger partial charge on any atom is 0.416 e. The van der Waals surface area contributed by atoms with Crippen molar-refractivity contribution in [1.82, 2.24) is 9.78 Å². The van der Waals surface area contributed by atoms with Gasteiger partial charge in [-0.3, -0.25) is 4.68 Å². The molecule has 1 aromatic heterocycles. The van der Waals surface area contributed by atoms with E-state index in [0.29, 0.717) is 12.1 Å². The summed E-state index contributed by atoms with van der Waals surface area (Å²) in [6.45, 7) is -0.246. The van der Waals surface area contributed by atoms with Crippen LogP contribution < -0.4 is 5.73 Å². The highest BCUT2D eigenvalue weighted by atomic mass is 19.4. The zero-order chi connectivity index (χ0) is 15.8. The molecule has 114 valence electrons. The number of alkyl halides is 6. The molecule has 2 N–H and O–H groups in total. The number of nitrogen functional groups attached to an aromatic ring is 1. The van der Waals surface area contributed by atoms with Crippen LogP contribution in [-0.2, 0) is 18.9 Å². The number of benzene rings is 1. The summed E-state index contributed by atoms with van der Waals surface area (Å²) < 4.78 is 77.2. The molecule has 0 aliphatic carbocycles. The number of hydrogen-bond acceptors (Lipinski definition) is 2. The highest BCUT2D eigenvalue weighted by Crippen LogP contribution is 2.36. The second kappa shape index (κ2) is 4.97. The molecule has 0 bridgehead atoms. The van der Waals surface area contributed by atoms with E-state index in [1.54, 1.807) is 0 Å². The van der Waals surface area contributed by atoms with Gasteiger partial charge in [0.05, 0.1) is 29.6 Å². The van der Waals surface area contributed by atoms with E-state index in [1.807, 2.05) is 0 Å². The summed E-state index contributed by atoms with van der Waals surface area (Å²) in [5.41, 5.74) is 2.77. The summed E-state index contributed by atoms with van der Waals surface area (Å²) >= 11 is 0. The first-order chi connectivity index (χ1) is 9.55. The van der Waals surface area contributed by atoms with Crippen molar-refractivity contribution in [3.63, 3.8) is 0 Å². The lowest BCUT2D eigenvalue weighted by atomic mass is 10.0. The number of rotatable bonds is 2. The molecule has 2 aromatic rings. The Hall–Kier alpha value is -2.19. The van der Waals surface area contributed by atoms with Crippen LogP contribution in [0.15, 0.2) is 30.6 Å². The van der Waals surface area contributed by atoms with Gasteiger partial charge >= 0.3 is 12.4 Å². The minimum absolute atomic E-state index is 0.0843. The molecule has 0 radical (unpaired) electrons. The fourth-order valence-electron chi connectivity index (χ4n) is 1.76. The van der Waals surface area contributed by atoms with E-state index < -0.39 is 23.5 Å². The zero-order valence-electron chi connectivity index (χ0n) is 10.3. The van der Waals surface area contributed by atoms with E-state index in [-0.39, 0.29) is 23.9 Å². The lowest BCUT2D eigenvalue weighted by Gasteiger charge is -2.14. The Morgan fingerprint density at radius 2 is 1.48 bits per heavy atom. The fraction of sp³-hybridized carbons (Fsp3) is 0.250. The molecule has 0 aliphatic rings. The van der Waals surface area contributed by atoms with Gasteiger partial charge in [-0.15, -0.1) is 0 Å². The molecule has 9 heteroatoms. The lowest BCUT2D eigenvalue weighted by molar-refractivity contribution is -0.143. The molecular weight excluding hydrogens is 300 g/mol. The third kappa shape index (κ3) is 3.67. The molecule has 0 fully saturated rings. The third-order valence-corrected chi connectivity index (χ3v) is 2.65. The standard InChI is InChI=1S/C12H9F6N3/c13-11(14,15)8-1-7(2-9(3-8)12(16,17)18)5-21-6-10(19)4-20-21/h1-4,6H,5,19H2. The van der Waals surface area contributed by atoms with Crippen molar-refractivity contribution < 1.29 is 26.3 Å². The number of nitrogens with two attached hydrogens (primary N) is 1. The van der Waals surface area contributed by atoms with E-state index in [1.165, 1.54) is 12.4 Å². The van der Waals surface area contributed by atoms with E-state index in [4.69, 9.17) is 5.73 Å². The topological polar surface area (TPSA) is 43.8 Å². The molecule has 2 rings (SSSR count). The first kappa shape index (κ1) is 15.2. The van der Waals surface area contributed by atoms with Crippen molar-refractivity contribution >= 4 is 5.69 Å². The summed E-state index contributed by atoms with van der Waals surface area (Å²) in [6.07, 6.45) is -7.16. The fourth-order valence-corrected chi connectivity index (χ4v) is 1.76. The van der Waals surface area contributed by atoms with Gasteiger partial charge in [-0.05, 0) is 23.8 Å². The average molecular weight is 309 g/mol. The first-order valence-corrected chi connectivity index (χ1v) is 5.62. The Bertz CT molecular complexity index is 609. The van der Waals surface area contributed by atoms with Crippen molar-refractivity contribution in [2.75, 3.05) is 5.73 Å². The van der Waals surface area contributed by atoms with Crippen molar-refractivity contribution in [3.8, 4) is 0 Å². The average Bonchev–Trinajstić information content (AvgIpc) is 2.72. The van der Waals surface area contributed by atoms with Crippen LogP contribution in [0.4, 0.5) is 32.0 Å². The van der Waals surface area contributed by atoms with Gasteiger partial charge in [0.1, 0.15) is 0 Å². The van der Waals surface area contributed by atoms with E-state index in [0.717, 1.165) is 4.68 Å². The normalized spacial score (nSPS) is 12.7. The van der Waals surface area contributed by atoms with Gasteiger partial charge in [0.2, 0.25) is 0 Å². The molecule has 0 spiro atoms. The minimum Gasteiger partial charge on any atom is -0.396 e. The lowest BCUT2D eigenvalue weighted by Crippen LogP contribution is -2.13. The summed E-state index contributed by atoms with van der Waals surface area (Å²) in [5.74, 6) is 0. The summed E-state index contributed by atoms with van der Waals surface area (Å²) in [4.78, 5) is 0. The Balaban J connectivity index is 2.45. The maximum absolute atomic E-state index is 12.7. The van der Waals surface area contributed by atoms with Crippen molar-refractivity contribution in [1.29, 1.82) is 0 Å². The predicted octanol–water partition coefficient (Wildman–Crippen LogP) is 3.55. The van der Waals surface area contributed by atoms with E-state index >= 15 is 0 Å². The van der Waals surface area contributed by atoms with Gasteiger partial charge in [-0.2, -0.15) is 31.4 Å². The van der Waals surface area contributed by atoms with Crippen molar-refractivity contribution in [2.45, 2.75) is 18.9 Å². The molecule has 3 nitrogen and oxygen atoms in total. The molecule has 0 amide bonds. The van der Waals surface area contributed by atoms with Gasteiger partial charge in [-0.25, -0.2) is 0 Å². The summed E-state index contributed by atoms with van der Waals surface area (Å²) in [6, 6.07) is 1.40. The SMILES string of the molecule is Nc1cnn(Cc2cc(C(F)(F)F)cc(C(F)(F)F)c2)c1. The monoisotopic (exact) mass is 309 g/mol. The van der Waals surface area contributed by atoms with Gasteiger partial charge in [0.25, 0.3) is 0 Å². The van der Waals surface area contributed by atoms with Crippen LogP contribution in [-0.4, -0.2) is 9.78 Å². The van der Waals surface area contributed by atoms with E-state index in [2.05, 4.69) is 5.10 Å². The van der Waals surface area contributed by atoms with Crippen molar-refractivity contribution in [2.24, 2.45) is 0 Å². The second-order valence-electron chi connectivity index (χ2n) is 4.39. The van der Waals surface area contributed by atoms with Gasteiger partial charge in [0, 0.05) is 6.20 Å². The summed E-state index contributed by atoms with van der Waals surface area (Å²) in [7, 11) is 0. The molecule has 0 unspecified atom stereocenters. The van der Waals surface area contributed by atoms with Crippen LogP contribution in [0, 0.1) is 0 Å². The van der Waals surface area contributed by atoms with Crippen LogP contribution in [0.2, 0.25) is 0 Å². The number of aromatic nitrogens is 2. The Kier molecular flexibility index (Phi) is 3.60. The Morgan fingerprint density at radius 3 is 1.86 bits per heavy atom. The number of hydrogen-bond donors (Lipinski definition) is 1. The molecule has 1 heterocycles. The number of anilines is 1.